The monoisotopic (exact) mass is 458 g/mol. The fourth-order valence-electron chi connectivity index (χ4n) is 3.66. The van der Waals surface area contributed by atoms with Gasteiger partial charge < -0.3 is 15.7 Å². The molecular weight excluding hydrogens is 427 g/mol. The zero-order valence-electron chi connectivity index (χ0n) is 19.0. The summed E-state index contributed by atoms with van der Waals surface area (Å²) in [4.78, 5) is 30.4. The average Bonchev–Trinajstić information content (AvgIpc) is 2.78. The van der Waals surface area contributed by atoms with Crippen LogP contribution in [0.15, 0.2) is 36.5 Å². The summed E-state index contributed by atoms with van der Waals surface area (Å²) in [6.07, 6.45) is 2.25. The smallest absolute Gasteiger partial charge is 0.323 e. The van der Waals surface area contributed by atoms with Crippen LogP contribution in [-0.2, 0) is 11.3 Å². The van der Waals surface area contributed by atoms with Crippen LogP contribution >= 0.6 is 0 Å². The molecule has 1 atom stereocenters. The maximum Gasteiger partial charge on any atom is 0.323 e. The number of aromatic nitrogens is 1. The van der Waals surface area contributed by atoms with Crippen molar-refractivity contribution in [3.63, 3.8) is 0 Å². The lowest BCUT2D eigenvalue weighted by atomic mass is 10.1. The molecule has 0 bridgehead atoms. The molecule has 10 heteroatoms. The zero-order valence-corrected chi connectivity index (χ0v) is 19.0. The first-order chi connectivity index (χ1) is 15.9. The van der Waals surface area contributed by atoms with E-state index in [2.05, 4.69) is 25.9 Å². The lowest BCUT2D eigenvalue weighted by Gasteiger charge is -2.39. The Balaban J connectivity index is 1.54. The van der Waals surface area contributed by atoms with E-state index in [1.165, 1.54) is 12.3 Å². The molecule has 1 aliphatic rings. The third-order valence-corrected chi connectivity index (χ3v) is 5.43. The number of aliphatic hydroxyl groups excluding tert-OH is 1. The van der Waals surface area contributed by atoms with Gasteiger partial charge in [0.25, 0.3) is 0 Å². The molecule has 2 heterocycles. The molecule has 1 aromatic heterocycles. The average molecular weight is 459 g/mol. The second-order valence-electron chi connectivity index (χ2n) is 8.19. The highest BCUT2D eigenvalue weighted by molar-refractivity contribution is 5.99. The van der Waals surface area contributed by atoms with E-state index in [1.54, 1.807) is 24.3 Å². The minimum absolute atomic E-state index is 0.0128. The molecule has 3 rings (SSSR count). The van der Waals surface area contributed by atoms with Gasteiger partial charge in [0.1, 0.15) is 0 Å². The Kier molecular flexibility index (Phi) is 8.70. The van der Waals surface area contributed by atoms with Crippen molar-refractivity contribution in [3.05, 3.63) is 53.6 Å². The number of piperazine rings is 1. The Morgan fingerprint density at radius 1 is 1.21 bits per heavy atom. The molecule has 1 fully saturated rings. The Morgan fingerprint density at radius 3 is 2.73 bits per heavy atom. The number of aryl methyl sites for hydroxylation is 1. The van der Waals surface area contributed by atoms with Gasteiger partial charge in [-0.2, -0.15) is 0 Å². The fraction of sp³-hybridized carbons (Fsp3) is 0.435. The number of carbonyl (C=O) groups is 2. The SMILES string of the molecule is Cc1ccc(NC(=O)Nc2cccc(CN3CCN(NC(=O)CCCO)[C@H](C)C3)c2F)cn1. The van der Waals surface area contributed by atoms with Crippen molar-refractivity contribution in [1.29, 1.82) is 0 Å². The van der Waals surface area contributed by atoms with Crippen LogP contribution in [0, 0.1) is 12.7 Å². The number of aliphatic hydroxyl groups is 1. The molecule has 33 heavy (non-hydrogen) atoms. The van der Waals surface area contributed by atoms with Crippen LogP contribution in [0.2, 0.25) is 0 Å². The van der Waals surface area contributed by atoms with Crippen molar-refractivity contribution in [2.45, 2.75) is 39.3 Å². The molecule has 0 radical (unpaired) electrons. The van der Waals surface area contributed by atoms with Crippen LogP contribution in [0.1, 0.15) is 31.0 Å². The summed E-state index contributed by atoms with van der Waals surface area (Å²) in [5, 5.41) is 15.9. The first-order valence-corrected chi connectivity index (χ1v) is 11.0. The fourth-order valence-corrected chi connectivity index (χ4v) is 3.66. The summed E-state index contributed by atoms with van der Waals surface area (Å²) >= 11 is 0. The third-order valence-electron chi connectivity index (χ3n) is 5.43. The van der Waals surface area contributed by atoms with Gasteiger partial charge in [-0.25, -0.2) is 14.2 Å². The quantitative estimate of drug-likeness (QED) is 0.484. The highest BCUT2D eigenvalue weighted by atomic mass is 19.1. The minimum Gasteiger partial charge on any atom is -0.396 e. The summed E-state index contributed by atoms with van der Waals surface area (Å²) in [5.41, 5.74) is 4.82. The van der Waals surface area contributed by atoms with E-state index in [-0.39, 0.29) is 30.7 Å². The Hall–Kier alpha value is -3.08. The van der Waals surface area contributed by atoms with Crippen LogP contribution < -0.4 is 16.1 Å². The normalized spacial score (nSPS) is 16.9. The molecule has 3 amide bonds. The van der Waals surface area contributed by atoms with Crippen molar-refractivity contribution in [1.82, 2.24) is 20.3 Å². The molecule has 1 saturated heterocycles. The van der Waals surface area contributed by atoms with Gasteiger partial charge in [-0.3, -0.25) is 20.1 Å². The van der Waals surface area contributed by atoms with Crippen LogP contribution in [0.5, 0.6) is 0 Å². The number of benzene rings is 1. The maximum absolute atomic E-state index is 15.1. The van der Waals surface area contributed by atoms with E-state index >= 15 is 4.39 Å². The number of nitrogens with zero attached hydrogens (tertiary/aromatic N) is 3. The topological polar surface area (TPSA) is 110 Å². The first kappa shape index (κ1) is 24.6. The van der Waals surface area contributed by atoms with Gasteiger partial charge in [-0.1, -0.05) is 12.1 Å². The lowest BCUT2D eigenvalue weighted by molar-refractivity contribution is -0.128. The number of amides is 3. The van der Waals surface area contributed by atoms with E-state index in [1.807, 2.05) is 18.9 Å². The van der Waals surface area contributed by atoms with Crippen molar-refractivity contribution in [2.75, 3.05) is 36.9 Å². The van der Waals surface area contributed by atoms with E-state index in [9.17, 15) is 9.59 Å². The number of hydrogen-bond donors (Lipinski definition) is 4. The molecule has 178 valence electrons. The summed E-state index contributed by atoms with van der Waals surface area (Å²) in [6, 6.07) is 7.95. The van der Waals surface area contributed by atoms with E-state index in [0.29, 0.717) is 43.9 Å². The maximum atomic E-state index is 15.1. The van der Waals surface area contributed by atoms with Gasteiger partial charge in [0.15, 0.2) is 5.82 Å². The predicted octanol–water partition coefficient (Wildman–Crippen LogP) is 2.48. The predicted molar refractivity (Wildman–Crippen MR) is 124 cm³/mol. The molecule has 1 aliphatic heterocycles. The molecule has 0 spiro atoms. The number of nitrogens with one attached hydrogen (secondary N) is 3. The van der Waals surface area contributed by atoms with Gasteiger partial charge in [-0.05, 0) is 38.5 Å². The molecule has 1 aromatic carbocycles. The number of hydrogen-bond acceptors (Lipinski definition) is 6. The number of carbonyl (C=O) groups excluding carboxylic acids is 2. The van der Waals surface area contributed by atoms with Crippen molar-refractivity contribution >= 4 is 23.3 Å². The number of rotatable bonds is 8. The largest absolute Gasteiger partial charge is 0.396 e. The second-order valence-corrected chi connectivity index (χ2v) is 8.19. The van der Waals surface area contributed by atoms with Gasteiger partial charge in [0, 0.05) is 56.5 Å². The molecule has 0 aliphatic carbocycles. The van der Waals surface area contributed by atoms with E-state index < -0.39 is 11.8 Å². The molecule has 2 aromatic rings. The van der Waals surface area contributed by atoms with Crippen molar-refractivity contribution in [2.24, 2.45) is 0 Å². The van der Waals surface area contributed by atoms with Crippen molar-refractivity contribution in [3.8, 4) is 0 Å². The first-order valence-electron chi connectivity index (χ1n) is 11.0. The van der Waals surface area contributed by atoms with Gasteiger partial charge >= 0.3 is 6.03 Å². The number of halogens is 1. The standard InChI is InChI=1S/C23H31FN6O3/c1-16-8-9-19(13-25-16)26-23(33)27-20-6-3-5-18(22(20)24)15-29-10-11-30(17(2)14-29)28-21(32)7-4-12-31/h3,5-6,8-9,13,17,31H,4,7,10-12,14-15H2,1-2H3,(H,28,32)(H2,26,27,33)/t17-/m1/s1. The minimum atomic E-state index is -0.545. The van der Waals surface area contributed by atoms with E-state index in [0.717, 1.165) is 5.69 Å². The summed E-state index contributed by atoms with van der Waals surface area (Å²) < 4.78 is 15.1. The third kappa shape index (κ3) is 7.21. The van der Waals surface area contributed by atoms with Gasteiger partial charge in [0.05, 0.1) is 17.6 Å². The van der Waals surface area contributed by atoms with Crippen molar-refractivity contribution < 1.29 is 19.1 Å². The number of urea groups is 1. The Bertz CT molecular complexity index is 956. The Morgan fingerprint density at radius 2 is 2.03 bits per heavy atom. The van der Waals surface area contributed by atoms with Gasteiger partial charge in [0.2, 0.25) is 5.91 Å². The molecule has 0 unspecified atom stereocenters. The molecule has 4 N–H and O–H groups in total. The van der Waals surface area contributed by atoms with Crippen LogP contribution in [-0.4, -0.2) is 64.2 Å². The summed E-state index contributed by atoms with van der Waals surface area (Å²) in [5.74, 6) is -0.587. The Labute approximate surface area is 193 Å². The van der Waals surface area contributed by atoms with E-state index in [4.69, 9.17) is 5.11 Å². The highest BCUT2D eigenvalue weighted by Gasteiger charge is 2.25. The lowest BCUT2D eigenvalue weighted by Crippen LogP contribution is -2.58. The number of anilines is 2. The summed E-state index contributed by atoms with van der Waals surface area (Å²) in [7, 11) is 0. The number of hydrazine groups is 1. The zero-order chi connectivity index (χ0) is 23.8. The van der Waals surface area contributed by atoms with Gasteiger partial charge in [-0.15, -0.1) is 0 Å². The van der Waals surface area contributed by atoms with Crippen LogP contribution in [0.25, 0.3) is 0 Å². The highest BCUT2D eigenvalue weighted by Crippen LogP contribution is 2.21. The molecule has 9 nitrogen and oxygen atoms in total. The van der Waals surface area contributed by atoms with Crippen LogP contribution in [0.3, 0.4) is 0 Å². The molecule has 0 saturated carbocycles. The second kappa shape index (κ2) is 11.7. The number of pyridine rings is 1. The molecular formula is C23H31FN6O3. The summed E-state index contributed by atoms with van der Waals surface area (Å²) in [6.45, 7) is 6.14. The van der Waals surface area contributed by atoms with Crippen LogP contribution in [0.4, 0.5) is 20.6 Å².